The Morgan fingerprint density at radius 1 is 1.05 bits per heavy atom. The quantitative estimate of drug-likeness (QED) is 0.785. The summed E-state index contributed by atoms with van der Waals surface area (Å²) in [4.78, 5) is 0. The third kappa shape index (κ3) is 2.95. The van der Waals surface area contributed by atoms with Crippen LogP contribution < -0.4 is 5.73 Å². The van der Waals surface area contributed by atoms with E-state index in [9.17, 15) is 0 Å². The summed E-state index contributed by atoms with van der Waals surface area (Å²) in [5.41, 5.74) is 8.98. The Hall–Kier alpha value is -1.81. The van der Waals surface area contributed by atoms with Gasteiger partial charge in [0.25, 0.3) is 0 Å². The Bertz CT molecular complexity index is 753. The van der Waals surface area contributed by atoms with E-state index in [0.29, 0.717) is 10.0 Å². The maximum atomic E-state index is 6.28. The zero-order chi connectivity index (χ0) is 14.8. The molecule has 0 bridgehead atoms. The molecule has 0 saturated carbocycles. The van der Waals surface area contributed by atoms with Crippen LogP contribution in [0.25, 0.3) is 5.69 Å². The second-order valence-corrected chi connectivity index (χ2v) is 5.54. The monoisotopic (exact) mass is 317 g/mol. The first-order valence-electron chi connectivity index (χ1n) is 6.45. The normalized spacial score (nSPS) is 12.3. The molecule has 106 valence electrons. The first-order valence-corrected chi connectivity index (χ1v) is 7.21. The van der Waals surface area contributed by atoms with Crippen molar-refractivity contribution in [1.29, 1.82) is 0 Å². The number of halogens is 2. The van der Waals surface area contributed by atoms with Gasteiger partial charge in [0, 0.05) is 21.8 Å². The van der Waals surface area contributed by atoms with E-state index < -0.39 is 0 Å². The third-order valence-corrected chi connectivity index (χ3v) is 3.84. The summed E-state index contributed by atoms with van der Waals surface area (Å²) in [5.74, 6) is 0. The molecule has 3 aromatic rings. The van der Waals surface area contributed by atoms with Crippen LogP contribution in [-0.4, -0.2) is 9.78 Å². The highest BCUT2D eigenvalue weighted by atomic mass is 35.5. The minimum absolute atomic E-state index is 0.341. The molecule has 0 aliphatic rings. The lowest BCUT2D eigenvalue weighted by atomic mass is 10.0. The van der Waals surface area contributed by atoms with Crippen LogP contribution in [0.1, 0.15) is 17.2 Å². The molecule has 0 fully saturated rings. The van der Waals surface area contributed by atoms with Gasteiger partial charge in [-0.05, 0) is 29.8 Å². The number of benzene rings is 2. The highest BCUT2D eigenvalue weighted by molar-refractivity contribution is 6.35. The molecule has 0 spiro atoms. The van der Waals surface area contributed by atoms with Gasteiger partial charge in [0.2, 0.25) is 0 Å². The van der Waals surface area contributed by atoms with Gasteiger partial charge in [-0.15, -0.1) is 0 Å². The molecule has 0 aliphatic carbocycles. The van der Waals surface area contributed by atoms with Gasteiger partial charge in [0.15, 0.2) is 0 Å². The van der Waals surface area contributed by atoms with Crippen LogP contribution in [0.3, 0.4) is 0 Å². The fourth-order valence-corrected chi connectivity index (χ4v) is 2.68. The number of aromatic nitrogens is 2. The van der Waals surface area contributed by atoms with Crippen molar-refractivity contribution in [2.75, 3.05) is 0 Å². The zero-order valence-electron chi connectivity index (χ0n) is 11.1. The first kappa shape index (κ1) is 14.1. The zero-order valence-corrected chi connectivity index (χ0v) is 12.6. The minimum atomic E-state index is -0.341. The fourth-order valence-electron chi connectivity index (χ4n) is 2.15. The summed E-state index contributed by atoms with van der Waals surface area (Å²) in [6, 6.07) is 14.8. The number of para-hydroxylation sites is 1. The van der Waals surface area contributed by atoms with Crippen molar-refractivity contribution in [1.82, 2.24) is 9.78 Å². The van der Waals surface area contributed by atoms with Crippen LogP contribution in [0.15, 0.2) is 60.9 Å². The number of nitrogens with zero attached hydrogens (tertiary/aromatic N) is 2. The maximum absolute atomic E-state index is 6.28. The summed E-state index contributed by atoms with van der Waals surface area (Å²) in [6.45, 7) is 0. The van der Waals surface area contributed by atoms with Crippen LogP contribution >= 0.6 is 23.2 Å². The highest BCUT2D eigenvalue weighted by Gasteiger charge is 2.15. The number of hydrogen-bond donors (Lipinski definition) is 1. The maximum Gasteiger partial charge on any atom is 0.0645 e. The minimum Gasteiger partial charge on any atom is -0.320 e. The van der Waals surface area contributed by atoms with Crippen molar-refractivity contribution in [2.45, 2.75) is 6.04 Å². The number of nitrogens with two attached hydrogens (primary N) is 1. The van der Waals surface area contributed by atoms with Gasteiger partial charge in [0.05, 0.1) is 17.9 Å². The van der Waals surface area contributed by atoms with Gasteiger partial charge in [0.1, 0.15) is 0 Å². The topological polar surface area (TPSA) is 43.8 Å². The van der Waals surface area contributed by atoms with Crippen LogP contribution in [-0.2, 0) is 0 Å². The molecule has 1 aromatic heterocycles. The molecular formula is C16H13Cl2N3. The molecule has 3 nitrogen and oxygen atoms in total. The van der Waals surface area contributed by atoms with E-state index in [4.69, 9.17) is 28.9 Å². The van der Waals surface area contributed by atoms with Crippen molar-refractivity contribution < 1.29 is 0 Å². The molecule has 0 saturated heterocycles. The molecule has 0 amide bonds. The number of rotatable bonds is 3. The molecule has 2 aromatic carbocycles. The average Bonchev–Trinajstić information content (AvgIpc) is 2.97. The second kappa shape index (κ2) is 5.90. The largest absolute Gasteiger partial charge is 0.320 e. The van der Waals surface area contributed by atoms with Crippen molar-refractivity contribution in [3.8, 4) is 5.69 Å². The second-order valence-electron chi connectivity index (χ2n) is 4.70. The molecule has 0 radical (unpaired) electrons. The third-order valence-electron chi connectivity index (χ3n) is 3.28. The standard InChI is InChI=1S/C16H13Cl2N3/c17-12-6-7-14(15(18)8-12)16(19)11-9-20-21(10-11)13-4-2-1-3-5-13/h1-10,16H,19H2. The predicted octanol–water partition coefficient (Wildman–Crippen LogP) is 4.23. The van der Waals surface area contributed by atoms with Crippen LogP contribution in [0, 0.1) is 0 Å². The van der Waals surface area contributed by atoms with Crippen LogP contribution in [0.5, 0.6) is 0 Å². The summed E-state index contributed by atoms with van der Waals surface area (Å²) in [7, 11) is 0. The van der Waals surface area contributed by atoms with Gasteiger partial charge < -0.3 is 5.73 Å². The van der Waals surface area contributed by atoms with E-state index in [1.807, 2.05) is 42.6 Å². The van der Waals surface area contributed by atoms with E-state index in [1.165, 1.54) is 0 Å². The Kier molecular flexibility index (Phi) is 3.97. The smallest absolute Gasteiger partial charge is 0.0645 e. The summed E-state index contributed by atoms with van der Waals surface area (Å²) < 4.78 is 1.79. The summed E-state index contributed by atoms with van der Waals surface area (Å²) >= 11 is 12.1. The molecule has 21 heavy (non-hydrogen) atoms. The lowest BCUT2D eigenvalue weighted by Crippen LogP contribution is -2.11. The van der Waals surface area contributed by atoms with Crippen molar-refractivity contribution in [2.24, 2.45) is 5.73 Å². The van der Waals surface area contributed by atoms with Gasteiger partial charge in [-0.25, -0.2) is 4.68 Å². The van der Waals surface area contributed by atoms with Crippen LogP contribution in [0.4, 0.5) is 0 Å². The Morgan fingerprint density at radius 2 is 1.81 bits per heavy atom. The first-order chi connectivity index (χ1) is 10.1. The highest BCUT2D eigenvalue weighted by Crippen LogP contribution is 2.29. The van der Waals surface area contributed by atoms with Gasteiger partial charge >= 0.3 is 0 Å². The van der Waals surface area contributed by atoms with Crippen LogP contribution in [0.2, 0.25) is 10.0 Å². The SMILES string of the molecule is NC(c1cnn(-c2ccccc2)c1)c1ccc(Cl)cc1Cl. The summed E-state index contributed by atoms with van der Waals surface area (Å²) in [6.07, 6.45) is 3.66. The van der Waals surface area contributed by atoms with Gasteiger partial charge in [-0.3, -0.25) is 0 Å². The van der Waals surface area contributed by atoms with Crippen molar-refractivity contribution >= 4 is 23.2 Å². The fraction of sp³-hybridized carbons (Fsp3) is 0.0625. The van der Waals surface area contributed by atoms with Crippen molar-refractivity contribution in [3.63, 3.8) is 0 Å². The Balaban J connectivity index is 1.92. The number of hydrogen-bond acceptors (Lipinski definition) is 2. The van der Waals surface area contributed by atoms with E-state index in [2.05, 4.69) is 5.10 Å². The Morgan fingerprint density at radius 3 is 2.52 bits per heavy atom. The van der Waals surface area contributed by atoms with Gasteiger partial charge in [-0.2, -0.15) is 5.10 Å². The van der Waals surface area contributed by atoms with Gasteiger partial charge in [-0.1, -0.05) is 47.5 Å². The molecule has 5 heteroatoms. The molecule has 3 rings (SSSR count). The van der Waals surface area contributed by atoms with E-state index in [0.717, 1.165) is 16.8 Å². The van der Waals surface area contributed by atoms with E-state index in [-0.39, 0.29) is 6.04 Å². The van der Waals surface area contributed by atoms with Crippen molar-refractivity contribution in [3.05, 3.63) is 82.1 Å². The van der Waals surface area contributed by atoms with E-state index in [1.54, 1.807) is 23.0 Å². The lowest BCUT2D eigenvalue weighted by Gasteiger charge is -2.12. The molecule has 1 unspecified atom stereocenters. The molecule has 0 aliphatic heterocycles. The summed E-state index contributed by atoms with van der Waals surface area (Å²) in [5, 5.41) is 5.50. The molecular weight excluding hydrogens is 305 g/mol. The van der Waals surface area contributed by atoms with E-state index >= 15 is 0 Å². The lowest BCUT2D eigenvalue weighted by molar-refractivity contribution is 0.862. The average molecular weight is 318 g/mol. The Labute approximate surface area is 132 Å². The molecule has 2 N–H and O–H groups in total. The molecule has 1 heterocycles. The predicted molar refractivity (Wildman–Crippen MR) is 86.1 cm³/mol. The molecule has 1 atom stereocenters.